The Morgan fingerprint density at radius 3 is 2.79 bits per heavy atom. The number of rotatable bonds is 4. The molecule has 0 bridgehead atoms. The molecule has 1 amide bonds. The van der Waals surface area contributed by atoms with Gasteiger partial charge in [0.2, 0.25) is 5.91 Å². The normalized spacial score (nSPS) is 16.8. The highest BCUT2D eigenvalue weighted by Gasteiger charge is 2.27. The Bertz CT molecular complexity index is 961. The lowest BCUT2D eigenvalue weighted by Gasteiger charge is -2.32. The van der Waals surface area contributed by atoms with Crippen LogP contribution in [0.3, 0.4) is 0 Å². The predicted octanol–water partition coefficient (Wildman–Crippen LogP) is 4.90. The molecule has 1 atom stereocenters. The van der Waals surface area contributed by atoms with Crippen LogP contribution in [0.1, 0.15) is 12.8 Å². The zero-order chi connectivity index (χ0) is 19.5. The van der Waals surface area contributed by atoms with E-state index in [9.17, 15) is 4.79 Å². The largest absolute Gasteiger partial charge is 0.463 e. The van der Waals surface area contributed by atoms with Gasteiger partial charge in [-0.05, 0) is 49.2 Å². The van der Waals surface area contributed by atoms with Gasteiger partial charge in [0, 0.05) is 13.1 Å². The van der Waals surface area contributed by atoms with Gasteiger partial charge >= 0.3 is 0 Å². The van der Waals surface area contributed by atoms with Crippen LogP contribution < -0.4 is 10.2 Å². The Morgan fingerprint density at radius 2 is 2.04 bits per heavy atom. The molecule has 0 radical (unpaired) electrons. The summed E-state index contributed by atoms with van der Waals surface area (Å²) in [6.45, 7) is 1.40. The maximum atomic E-state index is 12.7. The van der Waals surface area contributed by atoms with E-state index in [1.54, 1.807) is 24.5 Å². The molecule has 144 valence electrons. The van der Waals surface area contributed by atoms with Gasteiger partial charge in [-0.15, -0.1) is 10.2 Å². The number of carbonyl (C=O) groups excluding carboxylic acids is 1. The highest BCUT2D eigenvalue weighted by molar-refractivity contribution is 6.44. The fraction of sp³-hybridized carbons (Fsp3) is 0.250. The van der Waals surface area contributed by atoms with Crippen molar-refractivity contribution >= 4 is 40.6 Å². The number of piperidine rings is 1. The number of hydrogen-bond acceptors (Lipinski definition) is 5. The number of hydrogen-bond donors (Lipinski definition) is 1. The molecule has 3 heterocycles. The van der Waals surface area contributed by atoms with Gasteiger partial charge in [-0.2, -0.15) is 0 Å². The third-order valence-electron chi connectivity index (χ3n) is 4.75. The minimum Gasteiger partial charge on any atom is -0.463 e. The molecular weight excluding hydrogens is 399 g/mol. The highest BCUT2D eigenvalue weighted by atomic mass is 35.5. The van der Waals surface area contributed by atoms with E-state index in [0.29, 0.717) is 33.7 Å². The van der Waals surface area contributed by atoms with Gasteiger partial charge in [0.15, 0.2) is 11.6 Å². The van der Waals surface area contributed by atoms with E-state index < -0.39 is 0 Å². The Labute approximate surface area is 172 Å². The molecule has 1 unspecified atom stereocenters. The second-order valence-corrected chi connectivity index (χ2v) is 7.42. The van der Waals surface area contributed by atoms with Crippen LogP contribution in [-0.2, 0) is 4.79 Å². The first kappa shape index (κ1) is 18.8. The number of halogens is 2. The van der Waals surface area contributed by atoms with Crippen molar-refractivity contribution in [3.05, 3.63) is 58.8 Å². The summed E-state index contributed by atoms with van der Waals surface area (Å²) in [5, 5.41) is 12.2. The number of anilines is 2. The Hall–Kier alpha value is -2.57. The van der Waals surface area contributed by atoms with E-state index in [0.717, 1.165) is 25.2 Å². The number of benzene rings is 1. The molecule has 8 heteroatoms. The number of nitrogens with zero attached hydrogens (tertiary/aromatic N) is 3. The zero-order valence-corrected chi connectivity index (χ0v) is 16.5. The van der Waals surface area contributed by atoms with Gasteiger partial charge in [-0.25, -0.2) is 0 Å². The van der Waals surface area contributed by atoms with Gasteiger partial charge in [-0.1, -0.05) is 29.3 Å². The SMILES string of the molecule is O=C(Nc1cccc(Cl)c1Cl)C1CCCN(c2ccc(-c3ccco3)nn2)C1. The summed E-state index contributed by atoms with van der Waals surface area (Å²) in [6, 6.07) is 12.6. The van der Waals surface area contributed by atoms with Gasteiger partial charge in [0.1, 0.15) is 5.69 Å². The van der Waals surface area contributed by atoms with Crippen molar-refractivity contribution in [3.8, 4) is 11.5 Å². The molecule has 1 fully saturated rings. The second-order valence-electron chi connectivity index (χ2n) is 6.63. The summed E-state index contributed by atoms with van der Waals surface area (Å²) in [4.78, 5) is 14.8. The van der Waals surface area contributed by atoms with Crippen molar-refractivity contribution in [1.29, 1.82) is 0 Å². The second kappa shape index (κ2) is 8.20. The molecule has 2 aromatic heterocycles. The molecule has 1 N–H and O–H groups in total. The zero-order valence-electron chi connectivity index (χ0n) is 14.9. The lowest BCUT2D eigenvalue weighted by atomic mass is 9.97. The van der Waals surface area contributed by atoms with Crippen molar-refractivity contribution in [2.45, 2.75) is 12.8 Å². The quantitative estimate of drug-likeness (QED) is 0.654. The minimum absolute atomic E-state index is 0.0750. The topological polar surface area (TPSA) is 71.3 Å². The number of furan rings is 1. The standard InChI is InChI=1S/C20H18Cl2N4O2/c21-14-5-1-6-16(19(14)22)23-20(27)13-4-2-10-26(12-13)18-9-8-15(24-25-18)17-7-3-11-28-17/h1,3,5-9,11,13H,2,4,10,12H2,(H,23,27). The molecule has 1 saturated heterocycles. The fourth-order valence-electron chi connectivity index (χ4n) is 3.28. The van der Waals surface area contributed by atoms with Crippen molar-refractivity contribution in [2.75, 3.05) is 23.3 Å². The van der Waals surface area contributed by atoms with Crippen LogP contribution in [0.5, 0.6) is 0 Å². The van der Waals surface area contributed by atoms with Gasteiger partial charge in [0.25, 0.3) is 0 Å². The van der Waals surface area contributed by atoms with Crippen molar-refractivity contribution in [3.63, 3.8) is 0 Å². The van der Waals surface area contributed by atoms with Gasteiger partial charge in [0.05, 0.1) is 27.9 Å². The lowest BCUT2D eigenvalue weighted by Crippen LogP contribution is -2.41. The summed E-state index contributed by atoms with van der Waals surface area (Å²) in [5.74, 6) is 1.17. The average molecular weight is 417 g/mol. The van der Waals surface area contributed by atoms with Crippen LogP contribution in [-0.4, -0.2) is 29.2 Å². The molecule has 6 nitrogen and oxygen atoms in total. The van der Waals surface area contributed by atoms with Crippen molar-refractivity contribution < 1.29 is 9.21 Å². The van der Waals surface area contributed by atoms with Crippen molar-refractivity contribution in [1.82, 2.24) is 10.2 Å². The van der Waals surface area contributed by atoms with Crippen molar-refractivity contribution in [2.24, 2.45) is 5.92 Å². The van der Waals surface area contributed by atoms with E-state index in [4.69, 9.17) is 27.6 Å². The Balaban J connectivity index is 1.44. The maximum absolute atomic E-state index is 12.7. The highest BCUT2D eigenvalue weighted by Crippen LogP contribution is 2.31. The van der Waals surface area contributed by atoms with Gasteiger partial charge in [-0.3, -0.25) is 4.79 Å². The fourth-order valence-corrected chi connectivity index (χ4v) is 3.63. The summed E-state index contributed by atoms with van der Waals surface area (Å²) in [5.41, 5.74) is 1.20. The molecule has 0 aliphatic carbocycles. The smallest absolute Gasteiger partial charge is 0.229 e. The molecule has 1 aliphatic rings. The molecule has 28 heavy (non-hydrogen) atoms. The summed E-state index contributed by atoms with van der Waals surface area (Å²) in [7, 11) is 0. The molecule has 1 aliphatic heterocycles. The monoisotopic (exact) mass is 416 g/mol. The predicted molar refractivity (Wildman–Crippen MR) is 110 cm³/mol. The minimum atomic E-state index is -0.171. The lowest BCUT2D eigenvalue weighted by molar-refractivity contribution is -0.120. The van der Waals surface area contributed by atoms with E-state index in [2.05, 4.69) is 20.4 Å². The third-order valence-corrected chi connectivity index (χ3v) is 5.57. The Kier molecular flexibility index (Phi) is 5.50. The number of aromatic nitrogens is 2. The molecular formula is C20H18Cl2N4O2. The van der Waals surface area contributed by atoms with E-state index >= 15 is 0 Å². The van der Waals surface area contributed by atoms with Crippen LogP contribution in [0.2, 0.25) is 10.0 Å². The first-order chi connectivity index (χ1) is 13.6. The van der Waals surface area contributed by atoms with Crippen LogP contribution in [0.4, 0.5) is 11.5 Å². The van der Waals surface area contributed by atoms with Crippen LogP contribution in [0.25, 0.3) is 11.5 Å². The number of carbonyl (C=O) groups is 1. The molecule has 1 aromatic carbocycles. The number of amides is 1. The molecule has 0 saturated carbocycles. The van der Waals surface area contributed by atoms with Crippen LogP contribution >= 0.6 is 23.2 Å². The summed E-state index contributed by atoms with van der Waals surface area (Å²) < 4.78 is 5.34. The van der Waals surface area contributed by atoms with Crippen LogP contribution in [0, 0.1) is 5.92 Å². The summed E-state index contributed by atoms with van der Waals surface area (Å²) >= 11 is 12.2. The molecule has 3 aromatic rings. The first-order valence-electron chi connectivity index (χ1n) is 8.99. The average Bonchev–Trinajstić information content (AvgIpc) is 3.26. The number of nitrogens with one attached hydrogen (secondary N) is 1. The molecule has 4 rings (SSSR count). The maximum Gasteiger partial charge on any atom is 0.229 e. The first-order valence-corrected chi connectivity index (χ1v) is 9.75. The van der Waals surface area contributed by atoms with E-state index in [1.807, 2.05) is 24.3 Å². The third kappa shape index (κ3) is 3.98. The molecule has 0 spiro atoms. The van der Waals surface area contributed by atoms with E-state index in [1.165, 1.54) is 0 Å². The Morgan fingerprint density at radius 1 is 1.14 bits per heavy atom. The van der Waals surface area contributed by atoms with Crippen LogP contribution in [0.15, 0.2) is 53.1 Å². The summed E-state index contributed by atoms with van der Waals surface area (Å²) in [6.07, 6.45) is 3.30. The van der Waals surface area contributed by atoms with E-state index in [-0.39, 0.29) is 11.8 Å². The van der Waals surface area contributed by atoms with Gasteiger partial charge < -0.3 is 14.6 Å².